The van der Waals surface area contributed by atoms with Crippen molar-refractivity contribution in [3.05, 3.63) is 42.7 Å². The van der Waals surface area contributed by atoms with Crippen LogP contribution in [0.15, 0.2) is 42.7 Å². The number of benzene rings is 1. The van der Waals surface area contributed by atoms with Gasteiger partial charge in [-0.15, -0.1) is 0 Å². The Hall–Kier alpha value is -2.83. The summed E-state index contributed by atoms with van der Waals surface area (Å²) in [6, 6.07) is 11.9. The molecule has 1 aliphatic heterocycles. The van der Waals surface area contributed by atoms with Crippen molar-refractivity contribution in [3.63, 3.8) is 0 Å². The summed E-state index contributed by atoms with van der Waals surface area (Å²) >= 11 is 0. The smallest absolute Gasteiger partial charge is 0.323 e. The van der Waals surface area contributed by atoms with Crippen molar-refractivity contribution >= 4 is 17.5 Å². The van der Waals surface area contributed by atoms with Crippen LogP contribution in [0.1, 0.15) is 13.3 Å². The Morgan fingerprint density at radius 2 is 2.08 bits per heavy atom. The fourth-order valence-corrected chi connectivity index (χ4v) is 3.05. The van der Waals surface area contributed by atoms with E-state index in [2.05, 4.69) is 39.2 Å². The van der Waals surface area contributed by atoms with Crippen molar-refractivity contribution in [3.8, 4) is 5.88 Å². The van der Waals surface area contributed by atoms with Crippen molar-refractivity contribution < 1.29 is 9.53 Å². The van der Waals surface area contributed by atoms with Crippen LogP contribution in [0.4, 0.5) is 16.3 Å². The fraction of sp³-hybridized carbons (Fsp3) is 0.389. The van der Waals surface area contributed by atoms with Gasteiger partial charge in [0.15, 0.2) is 0 Å². The number of piperazine rings is 1. The lowest BCUT2D eigenvalue weighted by molar-refractivity contribution is 0.176. The topological polar surface area (TPSA) is 70.6 Å². The maximum Gasteiger partial charge on any atom is 0.323 e. The Morgan fingerprint density at radius 1 is 1.28 bits per heavy atom. The second kappa shape index (κ2) is 7.83. The third-order valence-electron chi connectivity index (χ3n) is 4.42. The summed E-state index contributed by atoms with van der Waals surface area (Å²) in [5, 5.41) is 2.84. The molecule has 1 aliphatic rings. The Morgan fingerprint density at radius 3 is 2.80 bits per heavy atom. The van der Waals surface area contributed by atoms with E-state index in [1.807, 2.05) is 23.1 Å². The number of ether oxygens (including phenoxy) is 1. The zero-order valence-electron chi connectivity index (χ0n) is 14.6. The number of carbonyl (C=O) groups is 1. The van der Waals surface area contributed by atoms with E-state index in [4.69, 9.17) is 4.74 Å². The van der Waals surface area contributed by atoms with Gasteiger partial charge in [-0.25, -0.2) is 14.8 Å². The van der Waals surface area contributed by atoms with Gasteiger partial charge in [-0.3, -0.25) is 5.32 Å². The van der Waals surface area contributed by atoms with Crippen LogP contribution >= 0.6 is 0 Å². The maximum atomic E-state index is 12.7. The number of hydrogen-bond acceptors (Lipinski definition) is 5. The largest absolute Gasteiger partial charge is 0.481 e. The lowest BCUT2D eigenvalue weighted by atomic mass is 10.1. The summed E-state index contributed by atoms with van der Waals surface area (Å²) in [6.45, 7) is 4.40. The Bertz CT molecular complexity index is 710. The van der Waals surface area contributed by atoms with Gasteiger partial charge in [0.2, 0.25) is 5.88 Å². The first kappa shape index (κ1) is 17.0. The molecular weight excluding hydrogens is 318 g/mol. The monoisotopic (exact) mass is 341 g/mol. The Labute approximate surface area is 147 Å². The molecule has 1 unspecified atom stereocenters. The highest BCUT2D eigenvalue weighted by Gasteiger charge is 2.29. The second-order valence-electron chi connectivity index (χ2n) is 5.91. The van der Waals surface area contributed by atoms with Crippen LogP contribution in [0.2, 0.25) is 0 Å². The van der Waals surface area contributed by atoms with Gasteiger partial charge in [0.25, 0.3) is 0 Å². The molecule has 0 saturated carbocycles. The summed E-state index contributed by atoms with van der Waals surface area (Å²) in [6.07, 6.45) is 2.27. The van der Waals surface area contributed by atoms with E-state index in [1.165, 1.54) is 19.1 Å². The lowest BCUT2D eigenvalue weighted by Gasteiger charge is -2.42. The van der Waals surface area contributed by atoms with E-state index < -0.39 is 0 Å². The number of nitrogens with one attached hydrogen (secondary N) is 1. The molecule has 2 heterocycles. The molecule has 0 aliphatic carbocycles. The molecule has 1 atom stereocenters. The minimum atomic E-state index is -0.139. The fourth-order valence-electron chi connectivity index (χ4n) is 3.05. The summed E-state index contributed by atoms with van der Waals surface area (Å²) in [5.74, 6) is 0.864. The summed E-state index contributed by atoms with van der Waals surface area (Å²) in [4.78, 5) is 24.9. The minimum absolute atomic E-state index is 0.139. The standard InChI is InChI=1S/C18H23N5O2/c1-3-14-12-22(15-7-5-4-6-8-15)9-10-23(14)18(24)21-16-11-17(25-2)20-13-19-16/h4-8,11,13-14H,3,9-10,12H2,1-2H3,(H,19,20,21,24). The van der Waals surface area contributed by atoms with Crippen LogP contribution < -0.4 is 15.0 Å². The Balaban J connectivity index is 1.66. The predicted octanol–water partition coefficient (Wildman–Crippen LogP) is 2.62. The van der Waals surface area contributed by atoms with Crippen molar-refractivity contribution in [1.29, 1.82) is 0 Å². The van der Waals surface area contributed by atoms with Crippen LogP contribution in [-0.2, 0) is 0 Å². The van der Waals surface area contributed by atoms with E-state index in [9.17, 15) is 4.79 Å². The zero-order chi connectivity index (χ0) is 17.6. The molecule has 7 heteroatoms. The van der Waals surface area contributed by atoms with Gasteiger partial charge in [-0.2, -0.15) is 0 Å². The molecule has 7 nitrogen and oxygen atoms in total. The molecule has 2 amide bonds. The second-order valence-corrected chi connectivity index (χ2v) is 5.91. The first-order chi connectivity index (χ1) is 12.2. The summed E-state index contributed by atoms with van der Waals surface area (Å²) in [5.41, 5.74) is 1.20. The van der Waals surface area contributed by atoms with Gasteiger partial charge in [0.05, 0.1) is 13.2 Å². The van der Waals surface area contributed by atoms with E-state index in [1.54, 1.807) is 6.07 Å². The van der Waals surface area contributed by atoms with Gasteiger partial charge < -0.3 is 14.5 Å². The molecule has 1 saturated heterocycles. The molecule has 0 radical (unpaired) electrons. The normalized spacial score (nSPS) is 17.3. The number of para-hydroxylation sites is 1. The third kappa shape index (κ3) is 3.99. The zero-order valence-corrected chi connectivity index (χ0v) is 14.6. The Kier molecular flexibility index (Phi) is 5.33. The number of anilines is 2. The third-order valence-corrected chi connectivity index (χ3v) is 4.42. The van der Waals surface area contributed by atoms with Gasteiger partial charge in [-0.05, 0) is 18.6 Å². The minimum Gasteiger partial charge on any atom is -0.481 e. The summed E-state index contributed by atoms with van der Waals surface area (Å²) < 4.78 is 5.06. The highest BCUT2D eigenvalue weighted by Crippen LogP contribution is 2.21. The molecule has 132 valence electrons. The van der Waals surface area contributed by atoms with Gasteiger partial charge >= 0.3 is 6.03 Å². The number of hydrogen-bond donors (Lipinski definition) is 1. The van der Waals surface area contributed by atoms with Crippen molar-refractivity contribution in [2.45, 2.75) is 19.4 Å². The predicted molar refractivity (Wildman–Crippen MR) is 97.0 cm³/mol. The number of methoxy groups -OCH3 is 1. The van der Waals surface area contributed by atoms with Gasteiger partial charge in [0.1, 0.15) is 12.1 Å². The maximum absolute atomic E-state index is 12.7. The van der Waals surface area contributed by atoms with E-state index >= 15 is 0 Å². The first-order valence-corrected chi connectivity index (χ1v) is 8.45. The quantitative estimate of drug-likeness (QED) is 0.926. The molecule has 1 aromatic carbocycles. The average Bonchev–Trinajstić information content (AvgIpc) is 2.68. The summed E-state index contributed by atoms with van der Waals surface area (Å²) in [7, 11) is 1.53. The molecule has 3 rings (SSSR count). The van der Waals surface area contributed by atoms with Crippen LogP contribution in [0.3, 0.4) is 0 Å². The molecule has 1 N–H and O–H groups in total. The van der Waals surface area contributed by atoms with Crippen LogP contribution in [0, 0.1) is 0 Å². The van der Waals surface area contributed by atoms with E-state index in [-0.39, 0.29) is 12.1 Å². The molecule has 25 heavy (non-hydrogen) atoms. The van der Waals surface area contributed by atoms with E-state index in [0.29, 0.717) is 18.2 Å². The number of urea groups is 1. The van der Waals surface area contributed by atoms with Crippen molar-refractivity contribution in [1.82, 2.24) is 14.9 Å². The molecule has 0 spiro atoms. The molecular formula is C18H23N5O2. The number of rotatable bonds is 4. The first-order valence-electron chi connectivity index (χ1n) is 8.45. The molecule has 0 bridgehead atoms. The highest BCUT2D eigenvalue weighted by atomic mass is 16.5. The van der Waals surface area contributed by atoms with Crippen molar-refractivity contribution in [2.24, 2.45) is 0 Å². The average molecular weight is 341 g/mol. The number of carbonyl (C=O) groups excluding carboxylic acids is 1. The van der Waals surface area contributed by atoms with Gasteiger partial charge in [0, 0.05) is 31.4 Å². The lowest BCUT2D eigenvalue weighted by Crippen LogP contribution is -2.56. The molecule has 2 aromatic rings. The molecule has 1 fully saturated rings. The van der Waals surface area contributed by atoms with Crippen LogP contribution in [0.5, 0.6) is 5.88 Å². The van der Waals surface area contributed by atoms with Crippen LogP contribution in [0.25, 0.3) is 0 Å². The van der Waals surface area contributed by atoms with Crippen LogP contribution in [-0.4, -0.2) is 53.7 Å². The van der Waals surface area contributed by atoms with Crippen molar-refractivity contribution in [2.75, 3.05) is 37.0 Å². The van der Waals surface area contributed by atoms with Gasteiger partial charge in [-0.1, -0.05) is 25.1 Å². The number of nitrogens with zero attached hydrogens (tertiary/aromatic N) is 4. The number of amides is 2. The van der Waals surface area contributed by atoms with E-state index in [0.717, 1.165) is 19.5 Å². The molecule has 1 aromatic heterocycles. The SMILES string of the molecule is CCC1CN(c2ccccc2)CCN1C(=O)Nc1cc(OC)ncn1. The number of aromatic nitrogens is 2. The highest BCUT2D eigenvalue weighted by molar-refractivity contribution is 5.88.